The van der Waals surface area contributed by atoms with Crippen LogP contribution in [-0.2, 0) is 19.7 Å². The van der Waals surface area contributed by atoms with E-state index in [9.17, 15) is 22.8 Å². The third-order valence-electron chi connectivity index (χ3n) is 6.93. The van der Waals surface area contributed by atoms with Crippen molar-refractivity contribution in [3.8, 4) is 11.6 Å². The molecule has 42 heavy (non-hydrogen) atoms. The number of hydrogen-bond acceptors (Lipinski definition) is 10. The van der Waals surface area contributed by atoms with Crippen molar-refractivity contribution >= 4 is 34.4 Å². The quantitative estimate of drug-likeness (QED) is 0.211. The first kappa shape index (κ1) is 31.2. The summed E-state index contributed by atoms with van der Waals surface area (Å²) in [7, 11) is 0. The van der Waals surface area contributed by atoms with Crippen molar-refractivity contribution in [3.63, 3.8) is 0 Å². The van der Waals surface area contributed by atoms with Crippen LogP contribution < -0.4 is 16.2 Å². The van der Waals surface area contributed by atoms with Crippen molar-refractivity contribution in [2.75, 3.05) is 16.9 Å². The average molecular weight is 591 g/mol. The molecule has 10 nitrogen and oxygen atoms in total. The van der Waals surface area contributed by atoms with E-state index in [1.165, 1.54) is 0 Å². The lowest BCUT2D eigenvalue weighted by molar-refractivity contribution is -0.160. The number of aryl methyl sites for hydroxylation is 1. The normalized spacial score (nSPS) is 18.3. The number of pyridine rings is 1. The number of ketones is 1. The molecule has 2 atom stereocenters. The van der Waals surface area contributed by atoms with Gasteiger partial charge in [-0.1, -0.05) is 25.9 Å². The van der Waals surface area contributed by atoms with Gasteiger partial charge in [-0.2, -0.15) is 13.2 Å². The molecule has 4 rings (SSSR count). The van der Waals surface area contributed by atoms with Gasteiger partial charge in [0.25, 0.3) is 5.89 Å². The van der Waals surface area contributed by atoms with Crippen molar-refractivity contribution in [2.24, 2.45) is 11.3 Å². The molecule has 1 fully saturated rings. The van der Waals surface area contributed by atoms with Gasteiger partial charge < -0.3 is 19.5 Å². The second-order valence-electron chi connectivity index (χ2n) is 12.9. The van der Waals surface area contributed by atoms with Crippen LogP contribution >= 0.6 is 0 Å². The number of halogens is 3. The maximum atomic E-state index is 13.0. The van der Waals surface area contributed by atoms with Crippen LogP contribution in [-0.4, -0.2) is 51.8 Å². The highest BCUT2D eigenvalue weighted by Crippen LogP contribution is 2.36. The number of anilines is 2. The lowest BCUT2D eigenvalue weighted by Crippen LogP contribution is -2.39. The third-order valence-corrected chi connectivity index (χ3v) is 6.93. The van der Waals surface area contributed by atoms with Crippen LogP contribution in [0.5, 0.6) is 0 Å². The molecule has 1 aromatic carbocycles. The van der Waals surface area contributed by atoms with E-state index < -0.39 is 29.7 Å². The standard InChI is InChI=1S/C29H37F3N6O4/c1-15-8-22(35-23-20(15)11-17(12-21(23)27(2,3)4)38(33)14-29(30,31)32)24-36-37-26(42-24)34-16-9-18(39)13-19(10-16)41-25(40)28(5,6)7/h8,11-12,16,19H,9-10,13-14,33H2,1-7H3,(H,34,37)/t16-,19-/m1/s1. The molecule has 0 bridgehead atoms. The average Bonchev–Trinajstić information content (AvgIpc) is 3.29. The van der Waals surface area contributed by atoms with Crippen LogP contribution in [0.3, 0.4) is 0 Å². The number of hydrazine groups is 1. The Morgan fingerprint density at radius 2 is 1.81 bits per heavy atom. The zero-order chi connectivity index (χ0) is 31.2. The summed E-state index contributed by atoms with van der Waals surface area (Å²) in [5, 5.41) is 12.6. The van der Waals surface area contributed by atoms with Gasteiger partial charge in [-0.25, -0.2) is 10.8 Å². The summed E-state index contributed by atoms with van der Waals surface area (Å²) in [6.45, 7) is 11.6. The number of ether oxygens (including phenoxy) is 1. The summed E-state index contributed by atoms with van der Waals surface area (Å²) in [6, 6.07) is 4.64. The van der Waals surface area contributed by atoms with Crippen LogP contribution in [0.15, 0.2) is 22.6 Å². The number of fused-ring (bicyclic) bond motifs is 1. The predicted octanol–water partition coefficient (Wildman–Crippen LogP) is 5.62. The molecule has 0 radical (unpaired) electrons. The number of rotatable bonds is 6. The Bertz CT molecular complexity index is 1490. The van der Waals surface area contributed by atoms with Gasteiger partial charge in [0, 0.05) is 30.7 Å². The Balaban J connectivity index is 1.61. The van der Waals surface area contributed by atoms with Crippen molar-refractivity contribution in [2.45, 2.75) is 91.5 Å². The minimum absolute atomic E-state index is 0.0441. The van der Waals surface area contributed by atoms with E-state index in [1.54, 1.807) is 39.0 Å². The fraction of sp³-hybridized carbons (Fsp3) is 0.552. The number of nitrogens with two attached hydrogens (primary N) is 1. The molecule has 0 spiro atoms. The van der Waals surface area contributed by atoms with Gasteiger partial charge >= 0.3 is 18.2 Å². The second-order valence-corrected chi connectivity index (χ2v) is 12.9. The van der Waals surface area contributed by atoms with Gasteiger partial charge in [0.2, 0.25) is 0 Å². The van der Waals surface area contributed by atoms with Crippen LogP contribution in [0.1, 0.15) is 71.9 Å². The predicted molar refractivity (Wildman–Crippen MR) is 152 cm³/mol. The first-order valence-electron chi connectivity index (χ1n) is 13.7. The number of benzene rings is 1. The molecule has 2 heterocycles. The minimum Gasteiger partial charge on any atom is -0.461 e. The molecule has 0 amide bonds. The number of nitrogens with zero attached hydrogens (tertiary/aromatic N) is 4. The topological polar surface area (TPSA) is 136 Å². The molecule has 1 aliphatic carbocycles. The summed E-state index contributed by atoms with van der Waals surface area (Å²) in [6.07, 6.45) is -4.23. The van der Waals surface area contributed by atoms with Gasteiger partial charge in [0.1, 0.15) is 24.1 Å². The maximum Gasteiger partial charge on any atom is 0.407 e. The highest BCUT2D eigenvalue weighted by molar-refractivity contribution is 5.91. The van der Waals surface area contributed by atoms with Gasteiger partial charge in [0.05, 0.1) is 16.6 Å². The fourth-order valence-electron chi connectivity index (χ4n) is 4.79. The van der Waals surface area contributed by atoms with E-state index in [1.807, 2.05) is 27.7 Å². The Hall–Kier alpha value is -3.74. The lowest BCUT2D eigenvalue weighted by atomic mass is 9.84. The Labute approximate surface area is 242 Å². The van der Waals surface area contributed by atoms with Gasteiger partial charge in [-0.05, 0) is 62.4 Å². The number of aromatic nitrogens is 3. The zero-order valence-electron chi connectivity index (χ0n) is 24.8. The van der Waals surface area contributed by atoms with Crippen LogP contribution in [0.2, 0.25) is 0 Å². The second kappa shape index (κ2) is 11.2. The van der Waals surface area contributed by atoms with Crippen molar-refractivity contribution in [1.82, 2.24) is 15.2 Å². The third kappa shape index (κ3) is 7.36. The SMILES string of the molecule is Cc1cc(-c2nnc(N[C@@H]3CC(=O)C[C@H](OC(=O)C(C)(C)C)C3)o2)nc2c(C(C)(C)C)cc(N(N)CC(F)(F)F)cc12. The van der Waals surface area contributed by atoms with Crippen molar-refractivity contribution < 1.29 is 31.9 Å². The van der Waals surface area contributed by atoms with Gasteiger partial charge in [-0.15, -0.1) is 5.10 Å². The molecule has 228 valence electrons. The molecule has 2 aromatic heterocycles. The number of carbonyl (C=O) groups excluding carboxylic acids is 2. The lowest BCUT2D eigenvalue weighted by Gasteiger charge is -2.30. The molecular weight excluding hydrogens is 553 g/mol. The Morgan fingerprint density at radius 1 is 1.12 bits per heavy atom. The molecule has 0 unspecified atom stereocenters. The first-order chi connectivity index (χ1) is 19.3. The molecular formula is C29H37F3N6O4. The summed E-state index contributed by atoms with van der Waals surface area (Å²) < 4.78 is 50.5. The van der Waals surface area contributed by atoms with E-state index in [0.29, 0.717) is 33.6 Å². The smallest absolute Gasteiger partial charge is 0.407 e. The number of carbonyl (C=O) groups is 2. The van der Waals surface area contributed by atoms with E-state index in [-0.39, 0.29) is 48.2 Å². The summed E-state index contributed by atoms with van der Waals surface area (Å²) in [4.78, 5) is 29.5. The van der Waals surface area contributed by atoms with Gasteiger partial charge in [0.15, 0.2) is 0 Å². The molecule has 1 saturated carbocycles. The minimum atomic E-state index is -4.46. The summed E-state index contributed by atoms with van der Waals surface area (Å²) in [5.41, 5.74) is 1.46. The Kier molecular flexibility index (Phi) is 8.29. The van der Waals surface area contributed by atoms with E-state index in [0.717, 1.165) is 5.56 Å². The van der Waals surface area contributed by atoms with Crippen molar-refractivity contribution in [3.05, 3.63) is 29.3 Å². The number of hydrogen-bond donors (Lipinski definition) is 2. The fourth-order valence-corrected chi connectivity index (χ4v) is 4.79. The number of nitrogens with one attached hydrogen (secondary N) is 1. The molecule has 1 aliphatic rings. The molecule has 0 aliphatic heterocycles. The highest BCUT2D eigenvalue weighted by Gasteiger charge is 2.34. The molecule has 13 heteroatoms. The number of alkyl halides is 3. The summed E-state index contributed by atoms with van der Waals surface area (Å²) in [5.74, 6) is 5.51. The maximum absolute atomic E-state index is 13.0. The Morgan fingerprint density at radius 3 is 2.43 bits per heavy atom. The highest BCUT2D eigenvalue weighted by atomic mass is 19.4. The summed E-state index contributed by atoms with van der Waals surface area (Å²) >= 11 is 0. The van der Waals surface area contributed by atoms with Crippen LogP contribution in [0.4, 0.5) is 24.9 Å². The van der Waals surface area contributed by atoms with Crippen molar-refractivity contribution in [1.29, 1.82) is 0 Å². The first-order valence-corrected chi connectivity index (χ1v) is 13.7. The number of esters is 1. The van der Waals surface area contributed by atoms with Crippen LogP contribution in [0.25, 0.3) is 22.5 Å². The van der Waals surface area contributed by atoms with Crippen LogP contribution in [0, 0.1) is 12.3 Å². The number of Topliss-reactive ketones (excluding diaryl/α,β-unsaturated/α-hetero) is 1. The molecule has 3 aromatic rings. The molecule has 3 N–H and O–H groups in total. The van der Waals surface area contributed by atoms with E-state index in [4.69, 9.17) is 20.0 Å². The van der Waals surface area contributed by atoms with E-state index >= 15 is 0 Å². The zero-order valence-corrected chi connectivity index (χ0v) is 24.8. The van der Waals surface area contributed by atoms with E-state index in [2.05, 4.69) is 15.5 Å². The largest absolute Gasteiger partial charge is 0.461 e. The van der Waals surface area contributed by atoms with Gasteiger partial charge in [-0.3, -0.25) is 9.59 Å². The molecule has 0 saturated heterocycles. The monoisotopic (exact) mass is 590 g/mol.